The highest BCUT2D eigenvalue weighted by atomic mass is 32.2. The van der Waals surface area contributed by atoms with Crippen LogP contribution >= 0.6 is 24.0 Å². The lowest BCUT2D eigenvalue weighted by atomic mass is 10.1. The molecule has 0 aromatic heterocycles. The molecule has 1 aliphatic heterocycles. The number of benzene rings is 1. The van der Waals surface area contributed by atoms with E-state index in [9.17, 15) is 4.79 Å². The summed E-state index contributed by atoms with van der Waals surface area (Å²) in [6.45, 7) is 2.61. The van der Waals surface area contributed by atoms with Crippen LogP contribution in [0.1, 0.15) is 17.5 Å². The number of aryl methyl sites for hydroxylation is 1. The quantitative estimate of drug-likeness (QED) is 0.845. The first-order chi connectivity index (χ1) is 9.11. The number of nitrogens with zero attached hydrogens (tertiary/aromatic N) is 1. The van der Waals surface area contributed by atoms with Gasteiger partial charge in [0, 0.05) is 0 Å². The van der Waals surface area contributed by atoms with E-state index in [1.807, 2.05) is 18.4 Å². The van der Waals surface area contributed by atoms with Crippen LogP contribution in [0.25, 0.3) is 0 Å². The van der Waals surface area contributed by atoms with Crippen LogP contribution in [0.3, 0.4) is 0 Å². The molecule has 5 heteroatoms. The summed E-state index contributed by atoms with van der Waals surface area (Å²) in [5.74, 6) is 1.06. The molecule has 0 radical (unpaired) electrons. The minimum absolute atomic E-state index is 0.0969. The number of carbonyl (C=O) groups is 1. The van der Waals surface area contributed by atoms with Gasteiger partial charge in [-0.3, -0.25) is 9.69 Å². The zero-order chi connectivity index (χ0) is 13.8. The van der Waals surface area contributed by atoms with E-state index in [1.165, 1.54) is 5.56 Å². The van der Waals surface area contributed by atoms with Crippen molar-refractivity contribution in [3.8, 4) is 0 Å². The van der Waals surface area contributed by atoms with E-state index >= 15 is 0 Å². The number of rotatable bonds is 5. The fourth-order valence-corrected chi connectivity index (χ4v) is 2.80. The summed E-state index contributed by atoms with van der Waals surface area (Å²) in [5, 5.41) is 3.67. The van der Waals surface area contributed by atoms with E-state index in [-0.39, 0.29) is 11.9 Å². The van der Waals surface area contributed by atoms with Crippen LogP contribution in [0, 0.1) is 6.92 Å². The lowest BCUT2D eigenvalue weighted by Gasteiger charge is -2.15. The molecule has 1 atom stereocenters. The topological polar surface area (TPSA) is 32.3 Å². The Morgan fingerprint density at radius 1 is 1.37 bits per heavy atom. The van der Waals surface area contributed by atoms with Crippen LogP contribution in [-0.4, -0.2) is 34.0 Å². The molecular weight excluding hydrogens is 276 g/mol. The summed E-state index contributed by atoms with van der Waals surface area (Å²) in [5.41, 5.74) is 2.32. The molecule has 1 aromatic rings. The molecule has 0 aliphatic carbocycles. The van der Waals surface area contributed by atoms with E-state index in [0.717, 1.165) is 17.7 Å². The van der Waals surface area contributed by atoms with Gasteiger partial charge in [0.2, 0.25) is 0 Å². The fourth-order valence-electron chi connectivity index (χ4n) is 2.03. The molecule has 1 N–H and O–H groups in total. The summed E-state index contributed by atoms with van der Waals surface area (Å²) in [6.07, 6.45) is 2.87. The van der Waals surface area contributed by atoms with Gasteiger partial charge in [-0.25, -0.2) is 0 Å². The van der Waals surface area contributed by atoms with Crippen molar-refractivity contribution < 1.29 is 4.79 Å². The smallest absolute Gasteiger partial charge is 0.251 e. The van der Waals surface area contributed by atoms with Gasteiger partial charge in [-0.15, -0.1) is 0 Å². The first-order valence-electron chi connectivity index (χ1n) is 6.28. The Kier molecular flexibility index (Phi) is 4.82. The Balaban J connectivity index is 2.02. The van der Waals surface area contributed by atoms with E-state index in [0.29, 0.717) is 11.7 Å². The van der Waals surface area contributed by atoms with Crippen LogP contribution in [0.15, 0.2) is 24.3 Å². The molecule has 2 rings (SSSR count). The predicted octanol–water partition coefficient (Wildman–Crippen LogP) is 2.33. The van der Waals surface area contributed by atoms with Crippen molar-refractivity contribution in [3.05, 3.63) is 35.4 Å². The number of hydrogen-bond donors (Lipinski definition) is 1. The number of carbonyl (C=O) groups excluding carboxylic acids is 1. The third kappa shape index (κ3) is 3.48. The van der Waals surface area contributed by atoms with Crippen molar-refractivity contribution in [1.29, 1.82) is 0 Å². The maximum absolute atomic E-state index is 12.3. The van der Waals surface area contributed by atoms with Crippen molar-refractivity contribution >= 4 is 35.0 Å². The van der Waals surface area contributed by atoms with Crippen molar-refractivity contribution in [1.82, 2.24) is 10.2 Å². The van der Waals surface area contributed by atoms with Crippen molar-refractivity contribution in [2.24, 2.45) is 0 Å². The summed E-state index contributed by atoms with van der Waals surface area (Å²) < 4.78 is 0. The molecule has 102 valence electrons. The molecule has 1 aromatic carbocycles. The molecule has 0 bridgehead atoms. The average Bonchev–Trinajstić information content (AvgIpc) is 2.66. The van der Waals surface area contributed by atoms with Gasteiger partial charge in [0.05, 0.1) is 6.54 Å². The van der Waals surface area contributed by atoms with E-state index in [1.54, 1.807) is 16.7 Å². The molecule has 1 unspecified atom stereocenters. The third-order valence-corrected chi connectivity index (χ3v) is 4.16. The molecule has 1 heterocycles. The maximum Gasteiger partial charge on any atom is 0.251 e. The Morgan fingerprint density at radius 3 is 2.68 bits per heavy atom. The monoisotopic (exact) mass is 294 g/mol. The lowest BCUT2D eigenvalue weighted by molar-refractivity contribution is -0.127. The number of amides is 1. The largest absolute Gasteiger partial charge is 0.350 e. The molecule has 1 aliphatic rings. The highest BCUT2D eigenvalue weighted by molar-refractivity contribution is 7.98. The van der Waals surface area contributed by atoms with E-state index in [2.05, 4.69) is 24.4 Å². The van der Waals surface area contributed by atoms with Gasteiger partial charge < -0.3 is 5.32 Å². The van der Waals surface area contributed by atoms with Crippen molar-refractivity contribution in [2.75, 3.05) is 12.0 Å². The zero-order valence-corrected chi connectivity index (χ0v) is 12.8. The molecule has 1 amide bonds. The van der Waals surface area contributed by atoms with E-state index < -0.39 is 0 Å². The summed E-state index contributed by atoms with van der Waals surface area (Å²) in [4.78, 5) is 13.9. The molecular formula is C14H18N2OS2. The second-order valence-electron chi connectivity index (χ2n) is 4.69. The number of thiocarbonyl (C=S) groups is 1. The molecule has 1 fully saturated rings. The average molecular weight is 294 g/mol. The highest BCUT2D eigenvalue weighted by Crippen LogP contribution is 2.15. The SMILES string of the molecule is CSCCC1NC(=S)N(Cc2ccc(C)cc2)C1=O. The van der Waals surface area contributed by atoms with Gasteiger partial charge >= 0.3 is 0 Å². The van der Waals surface area contributed by atoms with Gasteiger partial charge in [-0.05, 0) is 43.1 Å². The molecule has 0 spiro atoms. The first kappa shape index (κ1) is 14.3. The van der Waals surface area contributed by atoms with Crippen LogP contribution in [0.4, 0.5) is 0 Å². The van der Waals surface area contributed by atoms with E-state index in [4.69, 9.17) is 12.2 Å². The van der Waals surface area contributed by atoms with Gasteiger partial charge in [0.15, 0.2) is 5.11 Å². The highest BCUT2D eigenvalue weighted by Gasteiger charge is 2.34. The summed E-state index contributed by atoms with van der Waals surface area (Å²) in [6, 6.07) is 8.04. The Bertz CT molecular complexity index is 473. The van der Waals surface area contributed by atoms with Crippen molar-refractivity contribution in [2.45, 2.75) is 25.9 Å². The number of hydrogen-bond acceptors (Lipinski definition) is 3. The molecule has 3 nitrogen and oxygen atoms in total. The summed E-state index contributed by atoms with van der Waals surface area (Å²) in [7, 11) is 0. The Morgan fingerprint density at radius 2 is 2.05 bits per heavy atom. The molecule has 1 saturated heterocycles. The van der Waals surface area contributed by atoms with Crippen molar-refractivity contribution in [3.63, 3.8) is 0 Å². The lowest BCUT2D eigenvalue weighted by Crippen LogP contribution is -2.31. The minimum Gasteiger partial charge on any atom is -0.350 e. The van der Waals surface area contributed by atoms with Crippen LogP contribution < -0.4 is 5.32 Å². The number of nitrogens with one attached hydrogen (secondary N) is 1. The Labute approximate surface area is 123 Å². The van der Waals surface area contributed by atoms with Gasteiger partial charge in [0.25, 0.3) is 5.91 Å². The standard InChI is InChI=1S/C14H18N2OS2/c1-10-3-5-11(6-4-10)9-16-13(17)12(7-8-19-2)15-14(16)18/h3-6,12H,7-9H2,1-2H3,(H,15,18). The fraction of sp³-hybridized carbons (Fsp3) is 0.429. The zero-order valence-electron chi connectivity index (χ0n) is 11.2. The van der Waals surface area contributed by atoms with Gasteiger partial charge in [0.1, 0.15) is 6.04 Å². The molecule has 0 saturated carbocycles. The van der Waals surface area contributed by atoms with Crippen LogP contribution in [-0.2, 0) is 11.3 Å². The van der Waals surface area contributed by atoms with Gasteiger partial charge in [-0.1, -0.05) is 29.8 Å². The van der Waals surface area contributed by atoms with Crippen LogP contribution in [0.5, 0.6) is 0 Å². The second-order valence-corrected chi connectivity index (χ2v) is 6.07. The van der Waals surface area contributed by atoms with Crippen LogP contribution in [0.2, 0.25) is 0 Å². The minimum atomic E-state index is -0.148. The first-order valence-corrected chi connectivity index (χ1v) is 8.08. The normalized spacial score (nSPS) is 18.8. The Hall–Kier alpha value is -1.07. The molecule has 19 heavy (non-hydrogen) atoms. The number of thioether (sulfide) groups is 1. The van der Waals surface area contributed by atoms with Gasteiger partial charge in [-0.2, -0.15) is 11.8 Å². The predicted molar refractivity (Wildman–Crippen MR) is 84.2 cm³/mol. The summed E-state index contributed by atoms with van der Waals surface area (Å²) >= 11 is 7.00. The second kappa shape index (κ2) is 6.39. The maximum atomic E-state index is 12.3. The third-order valence-electron chi connectivity index (χ3n) is 3.18.